The second-order valence-electron chi connectivity index (χ2n) is 8.84. The Morgan fingerprint density at radius 3 is 2.70 bits per heavy atom. The summed E-state index contributed by atoms with van der Waals surface area (Å²) in [5.41, 5.74) is 0.794. The summed E-state index contributed by atoms with van der Waals surface area (Å²) in [4.78, 5) is 36.7. The minimum Gasteiger partial charge on any atom is -0.467 e. The van der Waals surface area contributed by atoms with Gasteiger partial charge >= 0.3 is 11.3 Å². The molecule has 1 aromatic rings. The third kappa shape index (κ3) is 9.85. The fraction of sp³-hybridized carbons (Fsp3) is 0.609. The molecule has 0 bridgehead atoms. The van der Waals surface area contributed by atoms with Crippen molar-refractivity contribution in [2.24, 2.45) is 0 Å². The van der Waals surface area contributed by atoms with Crippen molar-refractivity contribution in [1.82, 2.24) is 10.6 Å². The molecule has 0 saturated carbocycles. The summed E-state index contributed by atoms with van der Waals surface area (Å²) in [6.45, 7) is 6.98. The molecule has 184 valence electrons. The monoisotopic (exact) mass is 497 g/mol. The zero-order chi connectivity index (χ0) is 24.4. The van der Waals surface area contributed by atoms with Crippen molar-refractivity contribution in [1.29, 1.82) is 0 Å². The number of nitrogens with one attached hydrogen (secondary N) is 3. The third-order valence-corrected chi connectivity index (χ3v) is 6.53. The predicted molar refractivity (Wildman–Crippen MR) is 135 cm³/mol. The molecular formula is C23H35N3O5S2. The van der Waals surface area contributed by atoms with Crippen LogP contribution in [0.25, 0.3) is 0 Å². The fourth-order valence-electron chi connectivity index (χ4n) is 3.32. The average Bonchev–Trinajstić information content (AvgIpc) is 3.20. The zero-order valence-electron chi connectivity index (χ0n) is 19.9. The molecule has 33 heavy (non-hydrogen) atoms. The Hall–Kier alpha value is -1.91. The van der Waals surface area contributed by atoms with Gasteiger partial charge in [0.2, 0.25) is 0 Å². The molecule has 1 fully saturated rings. The van der Waals surface area contributed by atoms with Gasteiger partial charge in [-0.05, 0) is 75.6 Å². The van der Waals surface area contributed by atoms with Crippen LogP contribution in [0, 0.1) is 0 Å². The van der Waals surface area contributed by atoms with E-state index in [1.54, 1.807) is 30.0 Å². The molecule has 1 aliphatic rings. The maximum atomic E-state index is 12.7. The van der Waals surface area contributed by atoms with Gasteiger partial charge in [0.25, 0.3) is 5.91 Å². The lowest BCUT2D eigenvalue weighted by Crippen LogP contribution is -2.42. The Bertz CT molecular complexity index is 816. The van der Waals surface area contributed by atoms with E-state index in [9.17, 15) is 14.4 Å². The molecule has 0 unspecified atom stereocenters. The molecule has 8 nitrogen and oxygen atoms in total. The van der Waals surface area contributed by atoms with E-state index >= 15 is 0 Å². The van der Waals surface area contributed by atoms with Crippen molar-refractivity contribution >= 4 is 46.4 Å². The van der Waals surface area contributed by atoms with Crippen molar-refractivity contribution in [3.63, 3.8) is 0 Å². The first-order valence-corrected chi connectivity index (χ1v) is 13.2. The minimum atomic E-state index is -0.673. The van der Waals surface area contributed by atoms with Crippen LogP contribution in [0.3, 0.4) is 0 Å². The van der Waals surface area contributed by atoms with Crippen molar-refractivity contribution < 1.29 is 23.9 Å². The number of esters is 1. The first-order chi connectivity index (χ1) is 15.6. The lowest BCUT2D eigenvalue weighted by Gasteiger charge is -2.20. The van der Waals surface area contributed by atoms with Crippen molar-refractivity contribution in [2.45, 2.75) is 56.5 Å². The molecule has 3 atom stereocenters. The van der Waals surface area contributed by atoms with Crippen LogP contribution in [0.2, 0.25) is 0 Å². The van der Waals surface area contributed by atoms with E-state index in [1.807, 2.05) is 33.1 Å². The van der Waals surface area contributed by atoms with Crippen LogP contribution < -0.4 is 16.0 Å². The number of anilines is 1. The van der Waals surface area contributed by atoms with Gasteiger partial charge in [-0.3, -0.25) is 4.79 Å². The maximum Gasteiger partial charge on any atom is 0.368 e. The van der Waals surface area contributed by atoms with E-state index in [1.165, 1.54) is 18.9 Å². The van der Waals surface area contributed by atoms with E-state index < -0.39 is 17.6 Å². The molecule has 0 aliphatic carbocycles. The second-order valence-corrected chi connectivity index (χ2v) is 11.1. The zero-order valence-corrected chi connectivity index (χ0v) is 21.6. The van der Waals surface area contributed by atoms with Gasteiger partial charge in [0, 0.05) is 35.6 Å². The topological polar surface area (TPSA) is 106 Å². The molecule has 0 spiro atoms. The molecule has 1 heterocycles. The summed E-state index contributed by atoms with van der Waals surface area (Å²) < 4.78 is 10.2. The molecule has 0 aromatic heterocycles. The van der Waals surface area contributed by atoms with Crippen LogP contribution in [0.1, 0.15) is 44.0 Å². The molecule has 0 radical (unpaired) electrons. The number of rotatable bonds is 10. The Kier molecular flexibility index (Phi) is 10.9. The highest BCUT2D eigenvalue weighted by atomic mass is 32.2. The van der Waals surface area contributed by atoms with E-state index in [2.05, 4.69) is 16.0 Å². The Morgan fingerprint density at radius 2 is 2.03 bits per heavy atom. The van der Waals surface area contributed by atoms with E-state index in [4.69, 9.17) is 9.47 Å². The number of amides is 1. The van der Waals surface area contributed by atoms with Gasteiger partial charge in [-0.15, -0.1) is 0 Å². The smallest absolute Gasteiger partial charge is 0.368 e. The summed E-state index contributed by atoms with van der Waals surface area (Å²) in [5, 5.41) is 9.47. The van der Waals surface area contributed by atoms with Crippen molar-refractivity contribution in [3.05, 3.63) is 29.8 Å². The molecular weight excluding hydrogens is 462 g/mol. The summed E-state index contributed by atoms with van der Waals surface area (Å²) in [6, 6.07) is 6.70. The minimum absolute atomic E-state index is 0.167. The first kappa shape index (κ1) is 27.3. The van der Waals surface area contributed by atoms with E-state index in [-0.39, 0.29) is 22.5 Å². The Labute approximate surface area is 204 Å². The number of carbonyl (C=O) groups excluding carboxylic acids is 3. The Morgan fingerprint density at radius 1 is 1.27 bits per heavy atom. The normalized spacial score (nSPS) is 18.9. The number of benzene rings is 1. The quantitative estimate of drug-likeness (QED) is 0.419. The van der Waals surface area contributed by atoms with Crippen molar-refractivity contribution in [3.8, 4) is 0 Å². The van der Waals surface area contributed by atoms with Crippen LogP contribution in [-0.2, 0) is 14.3 Å². The number of methoxy groups -OCH3 is 1. The van der Waals surface area contributed by atoms with Crippen LogP contribution in [0.15, 0.2) is 24.3 Å². The highest BCUT2D eigenvalue weighted by Crippen LogP contribution is 2.25. The summed E-state index contributed by atoms with van der Waals surface area (Å²) in [7, 11) is 1.32. The van der Waals surface area contributed by atoms with Crippen molar-refractivity contribution in [2.75, 3.05) is 37.5 Å². The first-order valence-electron chi connectivity index (χ1n) is 11.0. The third-order valence-electron chi connectivity index (χ3n) is 4.91. The SMILES string of the molecule is COC(=O)[C@H](CCSC)NC(=O)c1cccc(NC[C@@H]2C[C@H](SC(=O)OC(C)(C)C)CN2)c1. The average molecular weight is 498 g/mol. The second kappa shape index (κ2) is 13.1. The molecule has 3 N–H and O–H groups in total. The largest absolute Gasteiger partial charge is 0.467 e. The molecule has 2 rings (SSSR count). The van der Waals surface area contributed by atoms with Gasteiger partial charge in [0.05, 0.1) is 7.11 Å². The van der Waals surface area contributed by atoms with Gasteiger partial charge in [-0.25, -0.2) is 9.59 Å². The number of hydrogen-bond donors (Lipinski definition) is 3. The van der Waals surface area contributed by atoms with Crippen LogP contribution in [-0.4, -0.2) is 72.3 Å². The standard InChI is InChI=1S/C23H35N3O5S2/c1-23(2,3)31-22(29)33-18-12-17(25-14-18)13-24-16-8-6-7-15(11-16)20(27)26-19(9-10-32-5)21(28)30-4/h6-8,11,17-19,24-25H,9-10,12-14H2,1-5H3,(H,26,27)/t17-,18-,19-/m0/s1. The number of carbonyl (C=O) groups is 3. The molecule has 1 aliphatic heterocycles. The summed E-state index contributed by atoms with van der Waals surface area (Å²) >= 11 is 2.84. The van der Waals surface area contributed by atoms with Gasteiger partial charge in [0.1, 0.15) is 11.6 Å². The van der Waals surface area contributed by atoms with E-state index in [0.717, 1.165) is 24.4 Å². The molecule has 10 heteroatoms. The molecule has 1 amide bonds. The highest BCUT2D eigenvalue weighted by Gasteiger charge is 2.28. The predicted octanol–water partition coefficient (Wildman–Crippen LogP) is 3.52. The number of hydrogen-bond acceptors (Lipinski definition) is 9. The molecule has 1 aromatic carbocycles. The van der Waals surface area contributed by atoms with Gasteiger partial charge in [-0.2, -0.15) is 11.8 Å². The maximum absolute atomic E-state index is 12.7. The lowest BCUT2D eigenvalue weighted by atomic mass is 10.1. The number of thioether (sulfide) groups is 2. The number of ether oxygens (including phenoxy) is 2. The van der Waals surface area contributed by atoms with Gasteiger partial charge in [0.15, 0.2) is 0 Å². The summed E-state index contributed by atoms with van der Waals surface area (Å²) in [5.74, 6) is -0.0239. The van der Waals surface area contributed by atoms with Gasteiger partial charge < -0.3 is 25.4 Å². The molecule has 1 saturated heterocycles. The fourth-order valence-corrected chi connectivity index (χ4v) is 4.87. The van der Waals surface area contributed by atoms with Crippen LogP contribution >= 0.6 is 23.5 Å². The lowest BCUT2D eigenvalue weighted by molar-refractivity contribution is -0.142. The van der Waals surface area contributed by atoms with Crippen LogP contribution in [0.5, 0.6) is 0 Å². The van der Waals surface area contributed by atoms with Crippen LogP contribution in [0.4, 0.5) is 10.5 Å². The highest BCUT2D eigenvalue weighted by molar-refractivity contribution is 8.13. The van der Waals surface area contributed by atoms with E-state index in [0.29, 0.717) is 18.5 Å². The van der Waals surface area contributed by atoms with Gasteiger partial charge in [-0.1, -0.05) is 6.07 Å². The Balaban J connectivity index is 1.85. The summed E-state index contributed by atoms with van der Waals surface area (Å²) in [6.07, 6.45) is 3.30.